The number of aliphatic hydroxyl groups is 2. The summed E-state index contributed by atoms with van der Waals surface area (Å²) in [5, 5.41) is 20.7. The van der Waals surface area contributed by atoms with Crippen LogP contribution in [0.15, 0.2) is 0 Å². The van der Waals surface area contributed by atoms with E-state index in [-0.39, 0.29) is 19.3 Å². The van der Waals surface area contributed by atoms with Gasteiger partial charge in [0.1, 0.15) is 0 Å². The predicted octanol–water partition coefficient (Wildman–Crippen LogP) is -0.272. The van der Waals surface area contributed by atoms with E-state index in [4.69, 9.17) is 10.2 Å². The van der Waals surface area contributed by atoms with Crippen molar-refractivity contribution in [1.82, 2.24) is 5.32 Å². The van der Waals surface area contributed by atoms with Crippen molar-refractivity contribution in [2.75, 3.05) is 13.2 Å². The highest BCUT2D eigenvalue weighted by atomic mass is 16.3. The van der Waals surface area contributed by atoms with Gasteiger partial charge < -0.3 is 15.5 Å². The fourth-order valence-corrected chi connectivity index (χ4v) is 0.838. The van der Waals surface area contributed by atoms with Crippen LogP contribution in [0.4, 0.5) is 0 Å². The van der Waals surface area contributed by atoms with Gasteiger partial charge in [-0.2, -0.15) is 0 Å². The van der Waals surface area contributed by atoms with E-state index in [1.807, 2.05) is 13.8 Å². The summed E-state index contributed by atoms with van der Waals surface area (Å²) in [5.74, 6) is 0. The van der Waals surface area contributed by atoms with Gasteiger partial charge >= 0.3 is 0 Å². The summed E-state index contributed by atoms with van der Waals surface area (Å²) in [4.78, 5) is 0. The van der Waals surface area contributed by atoms with Gasteiger partial charge in [0.05, 0.1) is 18.8 Å². The molecular weight excluding hydrogens is 130 g/mol. The summed E-state index contributed by atoms with van der Waals surface area (Å²) < 4.78 is 0. The van der Waals surface area contributed by atoms with E-state index < -0.39 is 5.54 Å². The standard InChI is InChI=1S/C7H17NO2/c1-6(2)8-7(3,4-9)5-10/h6,8-10H,4-5H2,1-3H3. The number of aliphatic hydroxyl groups excluding tert-OH is 2. The molecule has 0 heterocycles. The SMILES string of the molecule is CC(C)NC(C)(CO)CO. The Kier molecular flexibility index (Phi) is 3.86. The lowest BCUT2D eigenvalue weighted by Gasteiger charge is -2.28. The first kappa shape index (κ1) is 9.88. The number of nitrogens with one attached hydrogen (secondary N) is 1. The number of hydrogen-bond acceptors (Lipinski definition) is 3. The Labute approximate surface area is 62.1 Å². The van der Waals surface area contributed by atoms with Crippen molar-refractivity contribution in [3.8, 4) is 0 Å². The molecule has 0 amide bonds. The fourth-order valence-electron chi connectivity index (χ4n) is 0.838. The highest BCUT2D eigenvalue weighted by Gasteiger charge is 2.21. The number of hydrogen-bond donors (Lipinski definition) is 3. The minimum absolute atomic E-state index is 0.0400. The average molecular weight is 147 g/mol. The third kappa shape index (κ3) is 3.15. The molecule has 0 fully saturated rings. The molecule has 0 saturated carbocycles. The van der Waals surface area contributed by atoms with Crippen LogP contribution in [0.25, 0.3) is 0 Å². The molecule has 3 nitrogen and oxygen atoms in total. The van der Waals surface area contributed by atoms with Gasteiger partial charge in [0.2, 0.25) is 0 Å². The van der Waals surface area contributed by atoms with Crippen LogP contribution < -0.4 is 5.32 Å². The smallest absolute Gasteiger partial charge is 0.0633 e. The van der Waals surface area contributed by atoms with Crippen molar-refractivity contribution < 1.29 is 10.2 Å². The molecule has 0 unspecified atom stereocenters. The monoisotopic (exact) mass is 147 g/mol. The average Bonchev–Trinajstić information content (AvgIpc) is 1.87. The van der Waals surface area contributed by atoms with Gasteiger partial charge in [-0.3, -0.25) is 0 Å². The molecule has 0 radical (unpaired) electrons. The van der Waals surface area contributed by atoms with E-state index in [2.05, 4.69) is 5.32 Å². The van der Waals surface area contributed by atoms with Crippen molar-refractivity contribution in [2.24, 2.45) is 0 Å². The maximum Gasteiger partial charge on any atom is 0.0633 e. The molecule has 0 atom stereocenters. The normalized spacial score (nSPS) is 12.6. The summed E-state index contributed by atoms with van der Waals surface area (Å²) in [6.07, 6.45) is 0. The van der Waals surface area contributed by atoms with Crippen molar-refractivity contribution >= 4 is 0 Å². The van der Waals surface area contributed by atoms with Gasteiger partial charge in [-0.05, 0) is 6.92 Å². The van der Waals surface area contributed by atoms with Crippen LogP contribution in [-0.4, -0.2) is 35.0 Å². The van der Waals surface area contributed by atoms with Crippen molar-refractivity contribution in [3.63, 3.8) is 0 Å². The molecule has 0 saturated heterocycles. The Morgan fingerprint density at radius 2 is 1.70 bits per heavy atom. The van der Waals surface area contributed by atoms with Crippen LogP contribution in [0, 0.1) is 0 Å². The molecule has 0 bridgehead atoms. The van der Waals surface area contributed by atoms with Crippen LogP contribution in [0.5, 0.6) is 0 Å². The third-order valence-corrected chi connectivity index (χ3v) is 1.34. The Balaban J connectivity index is 3.80. The molecular formula is C7H17NO2. The van der Waals surface area contributed by atoms with Crippen LogP contribution in [-0.2, 0) is 0 Å². The number of rotatable bonds is 4. The Hall–Kier alpha value is -0.120. The molecule has 0 aromatic rings. The summed E-state index contributed by atoms with van der Waals surface area (Å²) in [5.41, 5.74) is -0.534. The molecule has 0 aliphatic rings. The van der Waals surface area contributed by atoms with E-state index in [9.17, 15) is 0 Å². The Morgan fingerprint density at radius 3 is 1.80 bits per heavy atom. The maximum atomic E-state index is 8.81. The first-order chi connectivity index (χ1) is 4.54. The van der Waals surface area contributed by atoms with Gasteiger partial charge in [-0.1, -0.05) is 13.8 Å². The largest absolute Gasteiger partial charge is 0.394 e. The van der Waals surface area contributed by atoms with Gasteiger partial charge in [-0.15, -0.1) is 0 Å². The molecule has 0 aromatic carbocycles. The zero-order valence-electron chi connectivity index (χ0n) is 6.89. The second-order valence-electron chi connectivity index (χ2n) is 3.18. The van der Waals surface area contributed by atoms with Crippen molar-refractivity contribution in [3.05, 3.63) is 0 Å². The second kappa shape index (κ2) is 3.91. The molecule has 0 aliphatic heterocycles. The summed E-state index contributed by atoms with van der Waals surface area (Å²) in [6, 6.07) is 0.282. The van der Waals surface area contributed by atoms with Crippen LogP contribution >= 0.6 is 0 Å². The van der Waals surface area contributed by atoms with E-state index in [0.29, 0.717) is 0 Å². The van der Waals surface area contributed by atoms with Gasteiger partial charge in [0, 0.05) is 6.04 Å². The fraction of sp³-hybridized carbons (Fsp3) is 1.00. The zero-order valence-corrected chi connectivity index (χ0v) is 6.89. The molecule has 3 N–H and O–H groups in total. The minimum Gasteiger partial charge on any atom is -0.394 e. The van der Waals surface area contributed by atoms with Gasteiger partial charge in [0.25, 0.3) is 0 Å². The lowest BCUT2D eigenvalue weighted by Crippen LogP contribution is -2.51. The van der Waals surface area contributed by atoms with Gasteiger partial charge in [-0.25, -0.2) is 0 Å². The van der Waals surface area contributed by atoms with Crippen molar-refractivity contribution in [1.29, 1.82) is 0 Å². The lowest BCUT2D eigenvalue weighted by atomic mass is 10.0. The molecule has 0 aromatic heterocycles. The lowest BCUT2D eigenvalue weighted by molar-refractivity contribution is 0.0976. The van der Waals surface area contributed by atoms with E-state index >= 15 is 0 Å². The maximum absolute atomic E-state index is 8.81. The van der Waals surface area contributed by atoms with Gasteiger partial charge in [0.15, 0.2) is 0 Å². The molecule has 0 aliphatic carbocycles. The molecule has 0 spiro atoms. The van der Waals surface area contributed by atoms with Crippen LogP contribution in [0.2, 0.25) is 0 Å². The summed E-state index contributed by atoms with van der Waals surface area (Å²) in [6.45, 7) is 5.66. The topological polar surface area (TPSA) is 52.5 Å². The zero-order chi connectivity index (χ0) is 8.20. The Morgan fingerprint density at radius 1 is 1.30 bits per heavy atom. The van der Waals surface area contributed by atoms with Crippen molar-refractivity contribution in [2.45, 2.75) is 32.4 Å². The first-order valence-corrected chi connectivity index (χ1v) is 3.53. The predicted molar refractivity (Wildman–Crippen MR) is 40.8 cm³/mol. The summed E-state index contributed by atoms with van der Waals surface area (Å²) >= 11 is 0. The van der Waals surface area contributed by atoms with E-state index in [0.717, 1.165) is 0 Å². The molecule has 3 heteroatoms. The molecule has 0 rings (SSSR count). The van der Waals surface area contributed by atoms with E-state index in [1.54, 1.807) is 6.92 Å². The van der Waals surface area contributed by atoms with Crippen LogP contribution in [0.3, 0.4) is 0 Å². The van der Waals surface area contributed by atoms with Crippen LogP contribution in [0.1, 0.15) is 20.8 Å². The highest BCUT2D eigenvalue weighted by Crippen LogP contribution is 2.01. The quantitative estimate of drug-likeness (QED) is 0.513. The third-order valence-electron chi connectivity index (χ3n) is 1.34. The Bertz CT molecular complexity index is 89.6. The first-order valence-electron chi connectivity index (χ1n) is 3.53. The highest BCUT2D eigenvalue weighted by molar-refractivity contribution is 4.82. The summed E-state index contributed by atoms with van der Waals surface area (Å²) in [7, 11) is 0. The second-order valence-corrected chi connectivity index (χ2v) is 3.18. The van der Waals surface area contributed by atoms with E-state index in [1.165, 1.54) is 0 Å². The molecule has 62 valence electrons. The molecule has 10 heavy (non-hydrogen) atoms. The minimum atomic E-state index is -0.534.